The fraction of sp³-hybridized carbons (Fsp3) is 0.562. The second-order valence-corrected chi connectivity index (χ2v) is 6.37. The highest BCUT2D eigenvalue weighted by Crippen LogP contribution is 2.35. The number of hydrogen-bond acceptors (Lipinski definition) is 3. The Hall–Kier alpha value is -1.69. The Bertz CT molecular complexity index is 557. The molecule has 0 spiro atoms. The lowest BCUT2D eigenvalue weighted by molar-refractivity contribution is -0.0363. The van der Waals surface area contributed by atoms with E-state index < -0.39 is 29.6 Å². The SMILES string of the molecule is CO[C@H]1C(c2ccc(F)c(F)c2)CCN1C(=O)OC(C)(C)C. The quantitative estimate of drug-likeness (QED) is 0.836. The number of carbonyl (C=O) groups excluding carboxylic acids is 1. The summed E-state index contributed by atoms with van der Waals surface area (Å²) < 4.78 is 37.2. The van der Waals surface area contributed by atoms with E-state index in [0.29, 0.717) is 18.5 Å². The van der Waals surface area contributed by atoms with Crippen molar-refractivity contribution >= 4 is 6.09 Å². The van der Waals surface area contributed by atoms with Crippen LogP contribution in [0.25, 0.3) is 0 Å². The Balaban J connectivity index is 2.18. The minimum atomic E-state index is -0.900. The van der Waals surface area contributed by atoms with Crippen molar-refractivity contribution in [3.8, 4) is 0 Å². The molecule has 4 nitrogen and oxygen atoms in total. The average molecular weight is 313 g/mol. The molecule has 0 aromatic heterocycles. The molecular formula is C16H21F2NO3. The zero-order chi connectivity index (χ0) is 16.5. The number of ether oxygens (including phenoxy) is 2. The molecule has 0 radical (unpaired) electrons. The fourth-order valence-corrected chi connectivity index (χ4v) is 2.65. The third kappa shape index (κ3) is 3.55. The summed E-state index contributed by atoms with van der Waals surface area (Å²) in [7, 11) is 1.49. The van der Waals surface area contributed by atoms with Crippen molar-refractivity contribution in [2.75, 3.05) is 13.7 Å². The van der Waals surface area contributed by atoms with Gasteiger partial charge in [0.2, 0.25) is 0 Å². The maximum atomic E-state index is 13.4. The van der Waals surface area contributed by atoms with Gasteiger partial charge in [-0.25, -0.2) is 13.6 Å². The second-order valence-electron chi connectivity index (χ2n) is 6.37. The van der Waals surface area contributed by atoms with Gasteiger partial charge in [0.05, 0.1) is 0 Å². The smallest absolute Gasteiger partial charge is 0.412 e. The Kier molecular flexibility index (Phi) is 4.70. The van der Waals surface area contributed by atoms with Crippen LogP contribution in [0.4, 0.5) is 13.6 Å². The highest BCUT2D eigenvalue weighted by atomic mass is 19.2. The molecule has 1 aromatic carbocycles. The van der Waals surface area contributed by atoms with Crippen LogP contribution >= 0.6 is 0 Å². The van der Waals surface area contributed by atoms with E-state index in [2.05, 4.69) is 0 Å². The summed E-state index contributed by atoms with van der Waals surface area (Å²) >= 11 is 0. The molecule has 1 aromatic rings. The van der Waals surface area contributed by atoms with Crippen LogP contribution in [0.2, 0.25) is 0 Å². The molecule has 22 heavy (non-hydrogen) atoms. The van der Waals surface area contributed by atoms with Crippen molar-refractivity contribution in [1.82, 2.24) is 4.90 Å². The van der Waals surface area contributed by atoms with Gasteiger partial charge in [-0.2, -0.15) is 0 Å². The van der Waals surface area contributed by atoms with Crippen molar-refractivity contribution in [2.24, 2.45) is 0 Å². The first kappa shape index (κ1) is 16.7. The van der Waals surface area contributed by atoms with Gasteiger partial charge in [0.1, 0.15) is 11.8 Å². The Labute approximate surface area is 129 Å². The number of carbonyl (C=O) groups is 1. The molecule has 0 aliphatic carbocycles. The van der Waals surface area contributed by atoms with Gasteiger partial charge in [-0.3, -0.25) is 4.90 Å². The van der Waals surface area contributed by atoms with E-state index in [0.717, 1.165) is 12.1 Å². The van der Waals surface area contributed by atoms with Gasteiger partial charge in [-0.15, -0.1) is 0 Å². The first-order chi connectivity index (χ1) is 10.2. The molecule has 1 fully saturated rings. The van der Waals surface area contributed by atoms with Crippen LogP contribution in [-0.2, 0) is 9.47 Å². The van der Waals surface area contributed by atoms with E-state index >= 15 is 0 Å². The monoisotopic (exact) mass is 313 g/mol. The summed E-state index contributed by atoms with van der Waals surface area (Å²) in [6, 6.07) is 3.77. The van der Waals surface area contributed by atoms with Crippen LogP contribution < -0.4 is 0 Å². The third-order valence-electron chi connectivity index (χ3n) is 3.57. The zero-order valence-electron chi connectivity index (χ0n) is 13.2. The molecule has 0 saturated carbocycles. The number of amides is 1. The normalized spacial score (nSPS) is 22.0. The summed E-state index contributed by atoms with van der Waals surface area (Å²) in [5.41, 5.74) is 0.00642. The molecule has 6 heteroatoms. The molecule has 0 N–H and O–H groups in total. The average Bonchev–Trinajstić information content (AvgIpc) is 2.83. The van der Waals surface area contributed by atoms with Gasteiger partial charge in [-0.05, 0) is 44.9 Å². The molecule has 1 saturated heterocycles. The maximum Gasteiger partial charge on any atom is 0.412 e. The molecular weight excluding hydrogens is 292 g/mol. The number of nitrogens with zero attached hydrogens (tertiary/aromatic N) is 1. The van der Waals surface area contributed by atoms with Gasteiger partial charge in [0.25, 0.3) is 0 Å². The summed E-state index contributed by atoms with van der Waals surface area (Å²) in [4.78, 5) is 13.7. The topological polar surface area (TPSA) is 38.8 Å². The van der Waals surface area contributed by atoms with Crippen LogP contribution in [0.1, 0.15) is 38.7 Å². The van der Waals surface area contributed by atoms with E-state index in [1.807, 2.05) is 0 Å². The lowest BCUT2D eigenvalue weighted by atomic mass is 9.96. The fourth-order valence-electron chi connectivity index (χ4n) is 2.65. The number of benzene rings is 1. The molecule has 122 valence electrons. The minimum absolute atomic E-state index is 0.215. The number of methoxy groups -OCH3 is 1. The predicted octanol–water partition coefficient (Wildman–Crippen LogP) is 3.66. The van der Waals surface area contributed by atoms with E-state index in [1.165, 1.54) is 18.1 Å². The van der Waals surface area contributed by atoms with Gasteiger partial charge in [0, 0.05) is 19.6 Å². The zero-order valence-corrected chi connectivity index (χ0v) is 13.2. The van der Waals surface area contributed by atoms with Crippen molar-refractivity contribution in [3.63, 3.8) is 0 Å². The molecule has 1 heterocycles. The van der Waals surface area contributed by atoms with E-state index in [4.69, 9.17) is 9.47 Å². The largest absolute Gasteiger partial charge is 0.444 e. The summed E-state index contributed by atoms with van der Waals surface area (Å²) in [6.07, 6.45) is -0.424. The van der Waals surface area contributed by atoms with Gasteiger partial charge < -0.3 is 9.47 Å². The molecule has 2 atom stereocenters. The minimum Gasteiger partial charge on any atom is -0.444 e. The van der Waals surface area contributed by atoms with Crippen LogP contribution in [0.5, 0.6) is 0 Å². The van der Waals surface area contributed by atoms with Gasteiger partial charge in [0.15, 0.2) is 11.6 Å². The van der Waals surface area contributed by atoms with Crippen molar-refractivity contribution < 1.29 is 23.0 Å². The Morgan fingerprint density at radius 3 is 2.50 bits per heavy atom. The lowest BCUT2D eigenvalue weighted by Gasteiger charge is -2.29. The van der Waals surface area contributed by atoms with Crippen LogP contribution in [0.15, 0.2) is 18.2 Å². The maximum absolute atomic E-state index is 13.4. The first-order valence-electron chi connectivity index (χ1n) is 7.20. The lowest BCUT2D eigenvalue weighted by Crippen LogP contribution is -2.42. The van der Waals surface area contributed by atoms with Crippen molar-refractivity contribution in [2.45, 2.75) is 44.9 Å². The predicted molar refractivity (Wildman–Crippen MR) is 77.5 cm³/mol. The van der Waals surface area contributed by atoms with Crippen molar-refractivity contribution in [1.29, 1.82) is 0 Å². The standard InChI is InChI=1S/C16H21F2NO3/c1-16(2,3)22-15(20)19-8-7-11(14(19)21-4)10-5-6-12(17)13(18)9-10/h5-6,9,11,14H,7-8H2,1-4H3/t11?,14-/m0/s1. The molecule has 1 aliphatic heterocycles. The summed E-state index contributed by atoms with van der Waals surface area (Å²) in [5.74, 6) is -2.00. The molecule has 1 unspecified atom stereocenters. The Morgan fingerprint density at radius 2 is 1.95 bits per heavy atom. The molecule has 0 bridgehead atoms. The third-order valence-corrected chi connectivity index (χ3v) is 3.57. The molecule has 1 amide bonds. The van der Waals surface area contributed by atoms with Crippen LogP contribution in [0.3, 0.4) is 0 Å². The van der Waals surface area contributed by atoms with Gasteiger partial charge >= 0.3 is 6.09 Å². The second kappa shape index (κ2) is 6.20. The van der Waals surface area contributed by atoms with Crippen LogP contribution in [-0.4, -0.2) is 36.5 Å². The van der Waals surface area contributed by atoms with E-state index in [9.17, 15) is 13.6 Å². The van der Waals surface area contributed by atoms with Crippen molar-refractivity contribution in [3.05, 3.63) is 35.4 Å². The number of rotatable bonds is 2. The highest BCUT2D eigenvalue weighted by molar-refractivity contribution is 5.69. The molecule has 1 aliphatic rings. The first-order valence-corrected chi connectivity index (χ1v) is 7.20. The highest BCUT2D eigenvalue weighted by Gasteiger charge is 2.40. The Morgan fingerprint density at radius 1 is 1.27 bits per heavy atom. The van der Waals surface area contributed by atoms with Gasteiger partial charge in [-0.1, -0.05) is 6.07 Å². The number of likely N-dealkylation sites (tertiary alicyclic amines) is 1. The van der Waals surface area contributed by atoms with Crippen LogP contribution in [0, 0.1) is 11.6 Å². The summed E-state index contributed by atoms with van der Waals surface area (Å²) in [6.45, 7) is 5.80. The number of halogens is 2. The molecule has 2 rings (SSSR count). The summed E-state index contributed by atoms with van der Waals surface area (Å²) in [5, 5.41) is 0. The van der Waals surface area contributed by atoms with E-state index in [-0.39, 0.29) is 5.92 Å². The van der Waals surface area contributed by atoms with E-state index in [1.54, 1.807) is 20.8 Å². The number of hydrogen-bond donors (Lipinski definition) is 0.